The maximum Gasteiger partial charge on any atom is 0.0812 e. The molecule has 0 radical (unpaired) electrons. The van der Waals surface area contributed by atoms with E-state index in [-0.39, 0.29) is 6.61 Å². The molecular weight excluding hydrogens is 176 g/mol. The van der Waals surface area contributed by atoms with E-state index in [0.717, 1.165) is 5.56 Å². The first-order valence-electron chi connectivity index (χ1n) is 3.78. The summed E-state index contributed by atoms with van der Waals surface area (Å²) in [6.07, 6.45) is -0.269. The van der Waals surface area contributed by atoms with Crippen molar-refractivity contribution in [1.82, 2.24) is 0 Å². The van der Waals surface area contributed by atoms with Gasteiger partial charge in [-0.2, -0.15) is 0 Å². The highest BCUT2D eigenvalue weighted by Gasteiger charge is 2.05. The molecule has 2 nitrogen and oxygen atoms in total. The molecule has 0 saturated heterocycles. The fourth-order valence-corrected chi connectivity index (χ4v) is 1.20. The fourth-order valence-electron chi connectivity index (χ4n) is 1.00. The molecule has 3 heteroatoms. The Balaban J connectivity index is 2.73. The molecule has 0 fully saturated rings. The smallest absolute Gasteiger partial charge is 0.0812 e. The van der Waals surface area contributed by atoms with Gasteiger partial charge in [-0.1, -0.05) is 23.7 Å². The van der Waals surface area contributed by atoms with Crippen LogP contribution in [-0.4, -0.2) is 16.8 Å². The van der Waals surface area contributed by atoms with E-state index >= 15 is 0 Å². The topological polar surface area (TPSA) is 40.5 Å². The average Bonchev–Trinajstić information content (AvgIpc) is 2.05. The summed E-state index contributed by atoms with van der Waals surface area (Å²) in [5, 5.41) is 18.6. The predicted molar refractivity (Wildman–Crippen MR) is 48.1 cm³/mol. The molecule has 0 aliphatic rings. The van der Waals surface area contributed by atoms with Crippen molar-refractivity contribution in [1.29, 1.82) is 0 Å². The molecule has 0 aliphatic carbocycles. The molecule has 0 amide bonds. The third kappa shape index (κ3) is 2.48. The molecule has 0 heterocycles. The molecule has 0 spiro atoms. The normalized spacial score (nSPS) is 12.9. The first-order valence-corrected chi connectivity index (χ1v) is 4.16. The van der Waals surface area contributed by atoms with Gasteiger partial charge in [0.1, 0.15) is 0 Å². The van der Waals surface area contributed by atoms with E-state index in [1.54, 1.807) is 24.3 Å². The quantitative estimate of drug-likeness (QED) is 0.755. The minimum Gasteiger partial charge on any atom is -0.396 e. The fraction of sp³-hybridized carbons (Fsp3) is 0.333. The molecule has 0 bridgehead atoms. The second-order valence-corrected chi connectivity index (χ2v) is 3.02. The molecule has 0 aliphatic heterocycles. The van der Waals surface area contributed by atoms with Crippen LogP contribution in [0.1, 0.15) is 18.1 Å². The molecule has 1 atom stereocenters. The third-order valence-electron chi connectivity index (χ3n) is 1.64. The lowest BCUT2D eigenvalue weighted by atomic mass is 10.1. The minimum atomic E-state index is -0.617. The molecule has 12 heavy (non-hydrogen) atoms. The minimum absolute atomic E-state index is 0.0202. The largest absolute Gasteiger partial charge is 0.396 e. The van der Waals surface area contributed by atoms with Crippen LogP contribution in [0.5, 0.6) is 0 Å². The van der Waals surface area contributed by atoms with Gasteiger partial charge in [0.05, 0.1) is 6.10 Å². The van der Waals surface area contributed by atoms with E-state index in [1.165, 1.54) is 0 Å². The Morgan fingerprint density at radius 2 is 2.17 bits per heavy atom. The molecule has 66 valence electrons. The maximum atomic E-state index is 9.43. The Hall–Kier alpha value is -0.570. The molecule has 1 rings (SSSR count). The highest BCUT2D eigenvalue weighted by atomic mass is 35.5. The van der Waals surface area contributed by atoms with Crippen molar-refractivity contribution in [2.75, 3.05) is 6.61 Å². The molecular formula is C9H11ClO2. The lowest BCUT2D eigenvalue weighted by Gasteiger charge is -2.08. The van der Waals surface area contributed by atoms with E-state index in [1.807, 2.05) is 0 Å². The lowest BCUT2D eigenvalue weighted by Crippen LogP contribution is -1.99. The standard InChI is InChI=1S/C9H11ClO2/c10-8-3-1-2-7(6-8)9(12)4-5-11/h1-3,6,9,11-12H,4-5H2/t9-/m1/s1. The summed E-state index contributed by atoms with van der Waals surface area (Å²) in [4.78, 5) is 0. The van der Waals surface area contributed by atoms with Gasteiger partial charge in [0.2, 0.25) is 0 Å². The number of aliphatic hydroxyl groups excluding tert-OH is 2. The Bertz CT molecular complexity index is 250. The average molecular weight is 187 g/mol. The van der Waals surface area contributed by atoms with Crippen LogP contribution in [0.3, 0.4) is 0 Å². The van der Waals surface area contributed by atoms with Gasteiger partial charge in [0.25, 0.3) is 0 Å². The zero-order chi connectivity index (χ0) is 8.97. The van der Waals surface area contributed by atoms with Crippen LogP contribution >= 0.6 is 11.6 Å². The number of halogens is 1. The van der Waals surface area contributed by atoms with E-state index in [9.17, 15) is 5.11 Å². The Kier molecular flexibility index (Phi) is 3.53. The highest BCUT2D eigenvalue weighted by molar-refractivity contribution is 6.30. The third-order valence-corrected chi connectivity index (χ3v) is 1.87. The summed E-state index contributed by atoms with van der Waals surface area (Å²) in [5.41, 5.74) is 0.747. The Morgan fingerprint density at radius 1 is 1.42 bits per heavy atom. The van der Waals surface area contributed by atoms with Crippen molar-refractivity contribution in [2.45, 2.75) is 12.5 Å². The van der Waals surface area contributed by atoms with Crippen LogP contribution in [0.2, 0.25) is 5.02 Å². The van der Waals surface area contributed by atoms with Crippen molar-refractivity contribution in [3.8, 4) is 0 Å². The van der Waals surface area contributed by atoms with Crippen LogP contribution in [0.15, 0.2) is 24.3 Å². The highest BCUT2D eigenvalue weighted by Crippen LogP contribution is 2.19. The van der Waals surface area contributed by atoms with Crippen LogP contribution in [-0.2, 0) is 0 Å². The number of hydrogen-bond donors (Lipinski definition) is 2. The molecule has 0 saturated carbocycles. The zero-order valence-corrected chi connectivity index (χ0v) is 7.33. The van der Waals surface area contributed by atoms with Crippen molar-refractivity contribution in [3.05, 3.63) is 34.9 Å². The first kappa shape index (κ1) is 9.52. The van der Waals surface area contributed by atoms with E-state index in [4.69, 9.17) is 16.7 Å². The van der Waals surface area contributed by atoms with Gasteiger partial charge in [-0.15, -0.1) is 0 Å². The molecule has 2 N–H and O–H groups in total. The SMILES string of the molecule is OCC[C@@H](O)c1cccc(Cl)c1. The van der Waals surface area contributed by atoms with Crippen LogP contribution in [0.4, 0.5) is 0 Å². The van der Waals surface area contributed by atoms with Crippen LogP contribution in [0, 0.1) is 0 Å². The Labute approximate surface area is 76.4 Å². The van der Waals surface area contributed by atoms with Crippen LogP contribution in [0.25, 0.3) is 0 Å². The monoisotopic (exact) mass is 186 g/mol. The van der Waals surface area contributed by atoms with Gasteiger partial charge >= 0.3 is 0 Å². The molecule has 0 aromatic heterocycles. The second-order valence-electron chi connectivity index (χ2n) is 2.58. The summed E-state index contributed by atoms with van der Waals surface area (Å²) in [7, 11) is 0. The van der Waals surface area contributed by atoms with Gasteiger partial charge in [-0.05, 0) is 17.7 Å². The number of hydrogen-bond acceptors (Lipinski definition) is 2. The predicted octanol–water partition coefficient (Wildman–Crippen LogP) is 1.76. The van der Waals surface area contributed by atoms with Crippen molar-refractivity contribution < 1.29 is 10.2 Å². The van der Waals surface area contributed by atoms with Gasteiger partial charge in [-0.3, -0.25) is 0 Å². The summed E-state index contributed by atoms with van der Waals surface area (Å²) in [6, 6.07) is 7.00. The molecule has 1 aromatic carbocycles. The van der Waals surface area contributed by atoms with Gasteiger partial charge in [-0.25, -0.2) is 0 Å². The van der Waals surface area contributed by atoms with E-state index < -0.39 is 6.10 Å². The lowest BCUT2D eigenvalue weighted by molar-refractivity contribution is 0.134. The van der Waals surface area contributed by atoms with E-state index in [2.05, 4.69) is 0 Å². The molecule has 0 unspecified atom stereocenters. The van der Waals surface area contributed by atoms with Gasteiger partial charge in [0.15, 0.2) is 0 Å². The maximum absolute atomic E-state index is 9.43. The summed E-state index contributed by atoms with van der Waals surface area (Å²) >= 11 is 5.72. The van der Waals surface area contributed by atoms with Crippen molar-refractivity contribution >= 4 is 11.6 Å². The number of rotatable bonds is 3. The zero-order valence-electron chi connectivity index (χ0n) is 6.57. The number of benzene rings is 1. The summed E-state index contributed by atoms with van der Waals surface area (Å²) in [5.74, 6) is 0. The van der Waals surface area contributed by atoms with E-state index in [0.29, 0.717) is 11.4 Å². The van der Waals surface area contributed by atoms with Gasteiger partial charge in [0, 0.05) is 18.1 Å². The second kappa shape index (κ2) is 4.45. The number of aliphatic hydroxyl groups is 2. The van der Waals surface area contributed by atoms with Crippen LogP contribution < -0.4 is 0 Å². The van der Waals surface area contributed by atoms with Gasteiger partial charge < -0.3 is 10.2 Å². The Morgan fingerprint density at radius 3 is 2.75 bits per heavy atom. The summed E-state index contributed by atoms with van der Waals surface area (Å²) < 4.78 is 0. The molecule has 1 aromatic rings. The first-order chi connectivity index (χ1) is 5.74. The van der Waals surface area contributed by atoms with Crippen molar-refractivity contribution in [3.63, 3.8) is 0 Å². The summed E-state index contributed by atoms with van der Waals surface area (Å²) in [6.45, 7) is -0.0202. The van der Waals surface area contributed by atoms with Crippen molar-refractivity contribution in [2.24, 2.45) is 0 Å².